The van der Waals surface area contributed by atoms with Crippen molar-refractivity contribution in [2.24, 2.45) is 0 Å². The first-order chi connectivity index (χ1) is 11.6. The molecule has 0 radical (unpaired) electrons. The van der Waals surface area contributed by atoms with Crippen LogP contribution in [-0.4, -0.2) is 32.8 Å². The molecule has 0 atom stereocenters. The molecule has 24 heavy (non-hydrogen) atoms. The first-order valence-corrected chi connectivity index (χ1v) is 10.7. The first-order valence-electron chi connectivity index (χ1n) is 9.39. The highest BCUT2D eigenvalue weighted by Crippen LogP contribution is 2.09. The van der Waals surface area contributed by atoms with Crippen molar-refractivity contribution in [2.45, 2.75) is 84.0 Å². The van der Waals surface area contributed by atoms with Gasteiger partial charge in [0.1, 0.15) is 0 Å². The Morgan fingerprint density at radius 1 is 0.750 bits per heavy atom. The number of unbranched alkanes of at least 4 members (excludes halogenated alkanes) is 10. The zero-order chi connectivity index (χ0) is 17.9. The minimum absolute atomic E-state index is 0.145. The van der Waals surface area contributed by atoms with E-state index in [4.69, 9.17) is 4.74 Å². The molecule has 0 spiro atoms. The topological polar surface area (TPSA) is 75.7 Å². The maximum absolute atomic E-state index is 10.2. The van der Waals surface area contributed by atoms with Crippen LogP contribution in [0, 0.1) is 0 Å². The Morgan fingerprint density at radius 2 is 1.29 bits per heavy atom. The van der Waals surface area contributed by atoms with Crippen LogP contribution in [0.1, 0.15) is 84.0 Å². The molecular formula is C18H35O5S-. The summed E-state index contributed by atoms with van der Waals surface area (Å²) in [5.74, 6) is 0. The maximum Gasteiger partial charge on any atom is 0.217 e. The fourth-order valence-corrected chi connectivity index (χ4v) is 2.67. The largest absolute Gasteiger partial charge is 0.726 e. The minimum Gasteiger partial charge on any atom is -0.726 e. The van der Waals surface area contributed by atoms with Crippen molar-refractivity contribution >= 4 is 10.4 Å². The number of allylic oxidation sites excluding steroid dienone is 2. The number of hydrogen-bond acceptors (Lipinski definition) is 5. The molecule has 0 amide bonds. The summed E-state index contributed by atoms with van der Waals surface area (Å²) < 4.78 is 39.7. The third-order valence-electron chi connectivity index (χ3n) is 3.76. The molecule has 0 saturated carbocycles. The molecular weight excluding hydrogens is 328 g/mol. The van der Waals surface area contributed by atoms with Crippen LogP contribution in [0.4, 0.5) is 0 Å². The third kappa shape index (κ3) is 21.6. The monoisotopic (exact) mass is 363 g/mol. The van der Waals surface area contributed by atoms with Crippen LogP contribution in [0.2, 0.25) is 0 Å². The lowest BCUT2D eigenvalue weighted by atomic mass is 10.1. The summed E-state index contributed by atoms with van der Waals surface area (Å²) in [4.78, 5) is 0. The van der Waals surface area contributed by atoms with E-state index in [0.29, 0.717) is 6.61 Å². The summed E-state index contributed by atoms with van der Waals surface area (Å²) in [6.07, 6.45) is 19.5. The highest BCUT2D eigenvalue weighted by atomic mass is 32.3. The van der Waals surface area contributed by atoms with E-state index < -0.39 is 10.4 Å². The Hall–Kier alpha value is -0.430. The molecule has 0 aromatic rings. The van der Waals surface area contributed by atoms with E-state index in [-0.39, 0.29) is 13.2 Å². The van der Waals surface area contributed by atoms with Crippen molar-refractivity contribution in [3.8, 4) is 0 Å². The first kappa shape index (κ1) is 23.6. The predicted octanol–water partition coefficient (Wildman–Crippen LogP) is 4.74. The van der Waals surface area contributed by atoms with Gasteiger partial charge in [-0.3, -0.25) is 4.18 Å². The van der Waals surface area contributed by atoms with Gasteiger partial charge in [-0.1, -0.05) is 64.0 Å². The molecule has 0 fully saturated rings. The van der Waals surface area contributed by atoms with Crippen molar-refractivity contribution in [2.75, 3.05) is 19.8 Å². The van der Waals surface area contributed by atoms with Gasteiger partial charge in [-0.2, -0.15) is 0 Å². The maximum atomic E-state index is 10.2. The number of ether oxygens (including phenoxy) is 1. The van der Waals surface area contributed by atoms with E-state index in [0.717, 1.165) is 12.8 Å². The number of hydrogen-bond donors (Lipinski definition) is 0. The van der Waals surface area contributed by atoms with E-state index in [1.165, 1.54) is 64.2 Å². The lowest BCUT2D eigenvalue weighted by Crippen LogP contribution is -2.10. The van der Waals surface area contributed by atoms with Gasteiger partial charge in [0, 0.05) is 6.61 Å². The molecule has 0 saturated heterocycles. The molecule has 0 aromatic heterocycles. The zero-order valence-corrected chi connectivity index (χ0v) is 16.0. The van der Waals surface area contributed by atoms with Gasteiger partial charge in [-0.15, -0.1) is 0 Å². The number of rotatable bonds is 18. The molecule has 0 rings (SSSR count). The second-order valence-corrected chi connectivity index (χ2v) is 7.13. The van der Waals surface area contributed by atoms with Crippen LogP contribution < -0.4 is 0 Å². The summed E-state index contributed by atoms with van der Waals surface area (Å²) >= 11 is 0. The summed E-state index contributed by atoms with van der Waals surface area (Å²) in [5.41, 5.74) is 0. The molecule has 144 valence electrons. The molecule has 6 heteroatoms. The molecule has 0 aliphatic carbocycles. The van der Waals surface area contributed by atoms with Crippen LogP contribution in [0.3, 0.4) is 0 Å². The quantitative estimate of drug-likeness (QED) is 0.152. The van der Waals surface area contributed by atoms with E-state index in [9.17, 15) is 13.0 Å². The van der Waals surface area contributed by atoms with Gasteiger partial charge in [0.05, 0.1) is 13.2 Å². The SMILES string of the molecule is CCCCCC/C=C/CCCCCCCCOCCOS(=O)(=O)[O-]. The second-order valence-electron chi connectivity index (χ2n) is 6.07. The lowest BCUT2D eigenvalue weighted by molar-refractivity contribution is 0.0939. The molecule has 0 bridgehead atoms. The fraction of sp³-hybridized carbons (Fsp3) is 0.889. The van der Waals surface area contributed by atoms with Gasteiger partial charge in [0.15, 0.2) is 0 Å². The Balaban J connectivity index is 3.11. The van der Waals surface area contributed by atoms with Gasteiger partial charge in [0.2, 0.25) is 10.4 Å². The standard InChI is InChI=1S/C18H36O5S/c1-2-3-4-5-6-7-8-9-10-11-12-13-14-15-16-22-17-18-23-24(19,20)21/h7-8H,2-6,9-18H2,1H3,(H,19,20,21)/p-1/b8-7+. The Kier molecular flexibility index (Phi) is 17.1. The van der Waals surface area contributed by atoms with Crippen molar-refractivity contribution in [3.63, 3.8) is 0 Å². The van der Waals surface area contributed by atoms with Crippen molar-refractivity contribution in [3.05, 3.63) is 12.2 Å². The predicted molar refractivity (Wildman–Crippen MR) is 96.7 cm³/mol. The van der Waals surface area contributed by atoms with Gasteiger partial charge in [0.25, 0.3) is 0 Å². The Bertz CT molecular complexity index is 379. The average Bonchev–Trinajstić information content (AvgIpc) is 2.52. The Labute approximate surface area is 148 Å². The normalized spacial score (nSPS) is 12.2. The molecule has 0 aliphatic rings. The van der Waals surface area contributed by atoms with Crippen LogP contribution in [0.25, 0.3) is 0 Å². The van der Waals surface area contributed by atoms with E-state index in [1.54, 1.807) is 0 Å². The van der Waals surface area contributed by atoms with Gasteiger partial charge in [-0.05, 0) is 32.1 Å². The fourth-order valence-electron chi connectivity index (χ4n) is 2.40. The molecule has 0 N–H and O–H groups in total. The summed E-state index contributed by atoms with van der Waals surface area (Å²) in [7, 11) is -4.58. The Morgan fingerprint density at radius 3 is 1.88 bits per heavy atom. The lowest BCUT2D eigenvalue weighted by Gasteiger charge is -2.07. The van der Waals surface area contributed by atoms with Crippen molar-refractivity contribution < 1.29 is 21.9 Å². The van der Waals surface area contributed by atoms with Crippen LogP contribution in [0.15, 0.2) is 12.2 Å². The molecule has 0 unspecified atom stereocenters. The van der Waals surface area contributed by atoms with E-state index >= 15 is 0 Å². The average molecular weight is 364 g/mol. The highest BCUT2D eigenvalue weighted by Gasteiger charge is 1.95. The second kappa shape index (κ2) is 17.4. The van der Waals surface area contributed by atoms with Crippen molar-refractivity contribution in [1.82, 2.24) is 0 Å². The third-order valence-corrected chi connectivity index (χ3v) is 4.21. The van der Waals surface area contributed by atoms with Crippen LogP contribution in [-0.2, 0) is 19.3 Å². The van der Waals surface area contributed by atoms with Crippen LogP contribution in [0.5, 0.6) is 0 Å². The smallest absolute Gasteiger partial charge is 0.217 e. The zero-order valence-electron chi connectivity index (χ0n) is 15.2. The summed E-state index contributed by atoms with van der Waals surface area (Å²) in [5, 5.41) is 0. The van der Waals surface area contributed by atoms with E-state index in [2.05, 4.69) is 23.3 Å². The molecule has 0 heterocycles. The van der Waals surface area contributed by atoms with Gasteiger partial charge < -0.3 is 9.29 Å². The summed E-state index contributed by atoms with van der Waals surface area (Å²) in [6, 6.07) is 0. The van der Waals surface area contributed by atoms with Gasteiger partial charge in [-0.25, -0.2) is 8.42 Å². The minimum atomic E-state index is -4.58. The van der Waals surface area contributed by atoms with Crippen LogP contribution >= 0.6 is 0 Å². The van der Waals surface area contributed by atoms with E-state index in [1.807, 2.05) is 0 Å². The van der Waals surface area contributed by atoms with Crippen molar-refractivity contribution in [1.29, 1.82) is 0 Å². The summed E-state index contributed by atoms with van der Waals surface area (Å²) in [6.45, 7) is 2.77. The highest BCUT2D eigenvalue weighted by molar-refractivity contribution is 7.80. The molecule has 5 nitrogen and oxygen atoms in total. The molecule has 0 aromatic carbocycles. The molecule has 0 aliphatic heterocycles. The van der Waals surface area contributed by atoms with Gasteiger partial charge >= 0.3 is 0 Å².